The van der Waals surface area contributed by atoms with Gasteiger partial charge in [-0.2, -0.15) is 10.1 Å². The van der Waals surface area contributed by atoms with E-state index in [0.717, 1.165) is 24.8 Å². The van der Waals surface area contributed by atoms with Crippen molar-refractivity contribution in [2.24, 2.45) is 5.73 Å². The average molecular weight is 360 g/mol. The van der Waals surface area contributed by atoms with E-state index in [1.54, 1.807) is 6.07 Å². The molecule has 0 spiro atoms. The van der Waals surface area contributed by atoms with Crippen LogP contribution in [0.25, 0.3) is 11.3 Å². The van der Waals surface area contributed by atoms with Gasteiger partial charge in [-0.1, -0.05) is 35.5 Å². The topological polar surface area (TPSA) is 99.8 Å². The molecule has 0 saturated heterocycles. The van der Waals surface area contributed by atoms with Crippen molar-refractivity contribution >= 4 is 12.4 Å². The first-order valence-corrected chi connectivity index (χ1v) is 7.90. The minimum absolute atomic E-state index is 0. The predicted molar refractivity (Wildman–Crippen MR) is 94.3 cm³/mol. The minimum atomic E-state index is -0.480. The lowest BCUT2D eigenvalue weighted by Crippen LogP contribution is -2.44. The van der Waals surface area contributed by atoms with Crippen LogP contribution in [-0.4, -0.2) is 19.9 Å². The van der Waals surface area contributed by atoms with E-state index < -0.39 is 5.54 Å². The standard InChI is InChI=1S/C17H17N5O2.ClH/c18-17(9-4-10-17)16-19-14(24-21-16)11-22-15(23)8-7-13(20-22)12-5-2-1-3-6-12;/h1-3,5-8H,4,9-11,18H2;1H. The smallest absolute Gasteiger partial charge is 0.267 e. The van der Waals surface area contributed by atoms with Crippen LogP contribution in [-0.2, 0) is 12.1 Å². The van der Waals surface area contributed by atoms with Crippen LogP contribution in [0.15, 0.2) is 51.8 Å². The van der Waals surface area contributed by atoms with E-state index in [-0.39, 0.29) is 24.5 Å². The Bertz CT molecular complexity index is 918. The zero-order chi connectivity index (χ0) is 16.6. The van der Waals surface area contributed by atoms with Crippen LogP contribution in [0.4, 0.5) is 0 Å². The van der Waals surface area contributed by atoms with Crippen LogP contribution < -0.4 is 11.3 Å². The summed E-state index contributed by atoms with van der Waals surface area (Å²) < 4.78 is 6.57. The molecule has 0 unspecified atom stereocenters. The fourth-order valence-electron chi connectivity index (χ4n) is 2.76. The molecule has 2 N–H and O–H groups in total. The summed E-state index contributed by atoms with van der Waals surface area (Å²) in [6, 6.07) is 12.9. The van der Waals surface area contributed by atoms with Crippen molar-refractivity contribution in [1.29, 1.82) is 0 Å². The van der Waals surface area contributed by atoms with Gasteiger partial charge in [-0.15, -0.1) is 12.4 Å². The number of nitrogens with two attached hydrogens (primary N) is 1. The first-order chi connectivity index (χ1) is 11.6. The monoisotopic (exact) mass is 359 g/mol. The fraction of sp³-hybridized carbons (Fsp3) is 0.294. The third kappa shape index (κ3) is 3.33. The molecule has 130 valence electrons. The highest BCUT2D eigenvalue weighted by molar-refractivity contribution is 5.85. The molecule has 1 aliphatic rings. The van der Waals surface area contributed by atoms with Crippen molar-refractivity contribution in [3.63, 3.8) is 0 Å². The molecule has 0 aliphatic heterocycles. The molecule has 0 amide bonds. The number of rotatable bonds is 4. The molecule has 1 aromatic carbocycles. The normalized spacial score (nSPS) is 15.2. The Kier molecular flexibility index (Phi) is 4.69. The average Bonchev–Trinajstić information content (AvgIpc) is 3.04. The molecule has 25 heavy (non-hydrogen) atoms. The van der Waals surface area contributed by atoms with Gasteiger partial charge in [-0.3, -0.25) is 4.79 Å². The van der Waals surface area contributed by atoms with Crippen LogP contribution in [0.1, 0.15) is 31.0 Å². The first kappa shape index (κ1) is 17.3. The van der Waals surface area contributed by atoms with Crippen molar-refractivity contribution in [3.8, 4) is 11.3 Å². The maximum absolute atomic E-state index is 12.1. The maximum Gasteiger partial charge on any atom is 0.267 e. The molecule has 0 radical (unpaired) electrons. The Morgan fingerprint density at radius 3 is 2.60 bits per heavy atom. The van der Waals surface area contributed by atoms with E-state index >= 15 is 0 Å². The molecule has 1 fully saturated rings. The summed E-state index contributed by atoms with van der Waals surface area (Å²) in [5.74, 6) is 0.845. The summed E-state index contributed by atoms with van der Waals surface area (Å²) in [5.41, 5.74) is 7.14. The van der Waals surface area contributed by atoms with Crippen LogP contribution in [0.2, 0.25) is 0 Å². The first-order valence-electron chi connectivity index (χ1n) is 7.90. The van der Waals surface area contributed by atoms with Gasteiger partial charge in [0.2, 0.25) is 5.89 Å². The number of benzene rings is 1. The summed E-state index contributed by atoms with van der Waals surface area (Å²) in [7, 11) is 0. The highest BCUT2D eigenvalue weighted by atomic mass is 35.5. The van der Waals surface area contributed by atoms with Gasteiger partial charge >= 0.3 is 0 Å². The zero-order valence-corrected chi connectivity index (χ0v) is 14.3. The third-order valence-corrected chi connectivity index (χ3v) is 4.38. The maximum atomic E-state index is 12.1. The van der Waals surface area contributed by atoms with Crippen LogP contribution >= 0.6 is 12.4 Å². The molecular weight excluding hydrogens is 342 g/mol. The van der Waals surface area contributed by atoms with Gasteiger partial charge < -0.3 is 10.3 Å². The quantitative estimate of drug-likeness (QED) is 0.765. The molecule has 0 atom stereocenters. The highest BCUT2D eigenvalue weighted by Crippen LogP contribution is 2.36. The third-order valence-electron chi connectivity index (χ3n) is 4.38. The van der Waals surface area contributed by atoms with E-state index in [9.17, 15) is 4.79 Å². The summed E-state index contributed by atoms with van der Waals surface area (Å²) in [6.07, 6.45) is 2.78. The minimum Gasteiger partial charge on any atom is -0.337 e. The van der Waals surface area contributed by atoms with Gasteiger partial charge in [-0.05, 0) is 25.3 Å². The Hall–Kier alpha value is -2.51. The molecule has 7 nitrogen and oxygen atoms in total. The van der Waals surface area contributed by atoms with Crippen LogP contribution in [0.3, 0.4) is 0 Å². The number of nitrogens with zero attached hydrogens (tertiary/aromatic N) is 4. The molecule has 4 rings (SSSR count). The van der Waals surface area contributed by atoms with Gasteiger partial charge in [0.05, 0.1) is 11.2 Å². The Balaban J connectivity index is 0.00000182. The van der Waals surface area contributed by atoms with Crippen molar-refractivity contribution in [3.05, 3.63) is 64.5 Å². The zero-order valence-electron chi connectivity index (χ0n) is 13.5. The van der Waals surface area contributed by atoms with Crippen LogP contribution in [0.5, 0.6) is 0 Å². The molecule has 2 aromatic heterocycles. The second-order valence-electron chi connectivity index (χ2n) is 6.10. The molecule has 2 heterocycles. The van der Waals surface area contributed by atoms with E-state index in [2.05, 4.69) is 15.2 Å². The summed E-state index contributed by atoms with van der Waals surface area (Å²) in [4.78, 5) is 16.4. The van der Waals surface area contributed by atoms with Gasteiger partial charge in [0.15, 0.2) is 5.82 Å². The van der Waals surface area contributed by atoms with Gasteiger partial charge in [-0.25, -0.2) is 4.68 Å². The molecule has 3 aromatic rings. The van der Waals surface area contributed by atoms with Crippen molar-refractivity contribution in [1.82, 2.24) is 19.9 Å². The molecule has 1 aliphatic carbocycles. The predicted octanol–water partition coefficient (Wildman–Crippen LogP) is 2.10. The highest BCUT2D eigenvalue weighted by Gasteiger charge is 2.39. The Morgan fingerprint density at radius 1 is 1.16 bits per heavy atom. The van der Waals surface area contributed by atoms with E-state index in [4.69, 9.17) is 10.3 Å². The molecule has 8 heteroatoms. The lowest BCUT2D eigenvalue weighted by atomic mass is 9.77. The Morgan fingerprint density at radius 2 is 1.92 bits per heavy atom. The molecular formula is C17H18ClN5O2. The fourth-order valence-corrected chi connectivity index (χ4v) is 2.76. The van der Waals surface area contributed by atoms with E-state index in [1.807, 2.05) is 30.3 Å². The second-order valence-corrected chi connectivity index (χ2v) is 6.10. The van der Waals surface area contributed by atoms with Crippen molar-refractivity contribution in [2.75, 3.05) is 0 Å². The molecule has 0 bridgehead atoms. The number of hydrogen-bond donors (Lipinski definition) is 1. The summed E-state index contributed by atoms with van der Waals surface area (Å²) in [5, 5.41) is 8.35. The van der Waals surface area contributed by atoms with Gasteiger partial charge in [0, 0.05) is 11.6 Å². The van der Waals surface area contributed by atoms with Crippen molar-refractivity contribution in [2.45, 2.75) is 31.3 Å². The summed E-state index contributed by atoms with van der Waals surface area (Å²) >= 11 is 0. The largest absolute Gasteiger partial charge is 0.337 e. The number of aromatic nitrogens is 4. The van der Waals surface area contributed by atoms with Gasteiger partial charge in [0.25, 0.3) is 5.56 Å². The number of halogens is 1. The van der Waals surface area contributed by atoms with Crippen molar-refractivity contribution < 1.29 is 4.52 Å². The molecule has 1 saturated carbocycles. The second kappa shape index (κ2) is 6.78. The number of hydrogen-bond acceptors (Lipinski definition) is 6. The van der Waals surface area contributed by atoms with Gasteiger partial charge in [0.1, 0.15) is 6.54 Å². The lowest BCUT2D eigenvalue weighted by Gasteiger charge is -2.34. The SMILES string of the molecule is Cl.NC1(c2noc(Cn3nc(-c4ccccc4)ccc3=O)n2)CCC1. The van der Waals surface area contributed by atoms with E-state index in [0.29, 0.717) is 17.4 Å². The summed E-state index contributed by atoms with van der Waals surface area (Å²) in [6.45, 7) is 0.128. The lowest BCUT2D eigenvalue weighted by molar-refractivity contribution is 0.228. The van der Waals surface area contributed by atoms with E-state index in [1.165, 1.54) is 10.7 Å². The van der Waals surface area contributed by atoms with Crippen LogP contribution in [0, 0.1) is 0 Å². The Labute approximate surface area is 150 Å².